The zero-order valence-electron chi connectivity index (χ0n) is 9.84. The molecule has 2 rings (SSSR count). The van der Waals surface area contributed by atoms with Crippen LogP contribution in [0.2, 0.25) is 5.02 Å². The maximum Gasteiger partial charge on any atom is 0.236 e. The van der Waals surface area contributed by atoms with Crippen LogP contribution in [0.15, 0.2) is 28.8 Å². The molecule has 0 radical (unpaired) electrons. The van der Waals surface area contributed by atoms with Crippen molar-refractivity contribution in [3.63, 3.8) is 0 Å². The van der Waals surface area contributed by atoms with Gasteiger partial charge in [0.2, 0.25) is 11.7 Å². The molecule has 96 valence electrons. The fraction of sp³-hybridized carbons (Fsp3) is 0.333. The summed E-state index contributed by atoms with van der Waals surface area (Å²) in [6, 6.07) is 7.31. The fourth-order valence-corrected chi connectivity index (χ4v) is 2.16. The van der Waals surface area contributed by atoms with Gasteiger partial charge in [-0.05, 0) is 12.1 Å². The Labute approximate surface area is 114 Å². The lowest BCUT2D eigenvalue weighted by molar-refractivity contribution is 0.300. The lowest BCUT2D eigenvalue weighted by atomic mass is 10.2. The first-order valence-corrected chi connectivity index (χ1v) is 6.92. The normalized spacial score (nSPS) is 12.6. The van der Waals surface area contributed by atoms with Crippen molar-refractivity contribution in [2.45, 2.75) is 17.9 Å². The van der Waals surface area contributed by atoms with Crippen LogP contribution in [0.25, 0.3) is 11.4 Å². The molecule has 0 saturated carbocycles. The number of aliphatic hydroxyl groups excluding tert-OH is 1. The lowest BCUT2D eigenvalue weighted by Gasteiger charge is -2.03. The molecule has 18 heavy (non-hydrogen) atoms. The second-order valence-electron chi connectivity index (χ2n) is 3.83. The van der Waals surface area contributed by atoms with Gasteiger partial charge in [-0.2, -0.15) is 4.98 Å². The van der Waals surface area contributed by atoms with Gasteiger partial charge < -0.3 is 9.63 Å². The first-order chi connectivity index (χ1) is 8.69. The van der Waals surface area contributed by atoms with E-state index in [9.17, 15) is 0 Å². The summed E-state index contributed by atoms with van der Waals surface area (Å²) in [7, 11) is 0. The van der Waals surface area contributed by atoms with Crippen molar-refractivity contribution < 1.29 is 9.63 Å². The first kappa shape index (κ1) is 13.4. The van der Waals surface area contributed by atoms with Crippen molar-refractivity contribution in [2.75, 3.05) is 6.61 Å². The molecule has 2 aromatic rings. The third-order valence-electron chi connectivity index (χ3n) is 2.30. The lowest BCUT2D eigenvalue weighted by Crippen LogP contribution is -2.02. The van der Waals surface area contributed by atoms with Crippen LogP contribution in [-0.2, 0) is 5.75 Å². The molecule has 6 heteroatoms. The number of aliphatic hydroxyl groups is 1. The van der Waals surface area contributed by atoms with Crippen LogP contribution in [0.1, 0.15) is 12.8 Å². The van der Waals surface area contributed by atoms with Gasteiger partial charge in [-0.25, -0.2) is 0 Å². The number of rotatable bonds is 5. The SMILES string of the molecule is CC(CO)SCc1nc(-c2cccc(Cl)c2)no1. The van der Waals surface area contributed by atoms with Gasteiger partial charge >= 0.3 is 0 Å². The van der Waals surface area contributed by atoms with E-state index in [4.69, 9.17) is 21.2 Å². The van der Waals surface area contributed by atoms with Gasteiger partial charge in [0, 0.05) is 15.8 Å². The Morgan fingerprint density at radius 2 is 2.33 bits per heavy atom. The summed E-state index contributed by atoms with van der Waals surface area (Å²) in [5.41, 5.74) is 0.831. The van der Waals surface area contributed by atoms with Crippen LogP contribution in [0.4, 0.5) is 0 Å². The fourth-order valence-electron chi connectivity index (χ4n) is 1.32. The van der Waals surface area contributed by atoms with Crippen LogP contribution in [-0.4, -0.2) is 27.1 Å². The predicted octanol–water partition coefficient (Wildman–Crippen LogP) is 3.00. The number of hydrogen-bond donors (Lipinski definition) is 1. The van der Waals surface area contributed by atoms with Gasteiger partial charge in [-0.3, -0.25) is 0 Å². The molecule has 0 aliphatic rings. The second-order valence-corrected chi connectivity index (χ2v) is 5.69. The van der Waals surface area contributed by atoms with Crippen LogP contribution in [0, 0.1) is 0 Å². The molecular formula is C12H13ClN2O2S. The zero-order chi connectivity index (χ0) is 13.0. The summed E-state index contributed by atoms with van der Waals surface area (Å²) in [5, 5.41) is 13.6. The van der Waals surface area contributed by atoms with E-state index in [1.807, 2.05) is 19.1 Å². The Morgan fingerprint density at radius 1 is 1.50 bits per heavy atom. The third-order valence-corrected chi connectivity index (χ3v) is 3.67. The highest BCUT2D eigenvalue weighted by molar-refractivity contribution is 7.99. The maximum absolute atomic E-state index is 8.92. The van der Waals surface area contributed by atoms with Gasteiger partial charge in [0.25, 0.3) is 0 Å². The highest BCUT2D eigenvalue weighted by Crippen LogP contribution is 2.22. The van der Waals surface area contributed by atoms with Crippen molar-refractivity contribution in [3.8, 4) is 11.4 Å². The Bertz CT molecular complexity index is 518. The summed E-state index contributed by atoms with van der Waals surface area (Å²) in [6.07, 6.45) is 0. The molecule has 4 nitrogen and oxygen atoms in total. The average Bonchev–Trinajstić information content (AvgIpc) is 2.84. The molecule has 0 amide bonds. The van der Waals surface area contributed by atoms with Crippen LogP contribution in [0.5, 0.6) is 0 Å². The molecule has 0 aliphatic carbocycles. The summed E-state index contributed by atoms with van der Waals surface area (Å²) < 4.78 is 5.15. The molecule has 0 aliphatic heterocycles. The topological polar surface area (TPSA) is 59.2 Å². The molecule has 1 N–H and O–H groups in total. The second kappa shape index (κ2) is 6.22. The number of thioether (sulfide) groups is 1. The Kier molecular flexibility index (Phi) is 4.63. The van der Waals surface area contributed by atoms with Crippen LogP contribution >= 0.6 is 23.4 Å². The van der Waals surface area contributed by atoms with Gasteiger partial charge in [0.05, 0.1) is 12.4 Å². The minimum atomic E-state index is 0.139. The summed E-state index contributed by atoms with van der Waals surface area (Å²) in [6.45, 7) is 2.08. The summed E-state index contributed by atoms with van der Waals surface area (Å²) in [5.74, 6) is 1.68. The molecule has 0 fully saturated rings. The summed E-state index contributed by atoms with van der Waals surface area (Å²) in [4.78, 5) is 4.29. The molecule has 1 atom stereocenters. The van der Waals surface area contributed by atoms with Crippen molar-refractivity contribution in [1.82, 2.24) is 10.1 Å². The van der Waals surface area contributed by atoms with Crippen molar-refractivity contribution in [2.24, 2.45) is 0 Å². The molecule has 0 spiro atoms. The Morgan fingerprint density at radius 3 is 3.06 bits per heavy atom. The van der Waals surface area contributed by atoms with Gasteiger partial charge in [0.15, 0.2) is 0 Å². The molecule has 1 heterocycles. The Balaban J connectivity index is 2.06. The van der Waals surface area contributed by atoms with Crippen LogP contribution in [0.3, 0.4) is 0 Å². The molecule has 1 aromatic carbocycles. The van der Waals surface area contributed by atoms with E-state index in [0.717, 1.165) is 5.56 Å². The molecular weight excluding hydrogens is 272 g/mol. The molecule has 0 saturated heterocycles. The van der Waals surface area contributed by atoms with Gasteiger partial charge in [0.1, 0.15) is 0 Å². The van der Waals surface area contributed by atoms with E-state index in [0.29, 0.717) is 22.5 Å². The highest BCUT2D eigenvalue weighted by atomic mass is 35.5. The quantitative estimate of drug-likeness (QED) is 0.914. The van der Waals surface area contributed by atoms with E-state index >= 15 is 0 Å². The van der Waals surface area contributed by atoms with Gasteiger partial charge in [-0.15, -0.1) is 11.8 Å². The monoisotopic (exact) mass is 284 g/mol. The van der Waals surface area contributed by atoms with Gasteiger partial charge in [-0.1, -0.05) is 35.8 Å². The van der Waals surface area contributed by atoms with E-state index < -0.39 is 0 Å². The van der Waals surface area contributed by atoms with E-state index in [-0.39, 0.29) is 11.9 Å². The van der Waals surface area contributed by atoms with E-state index in [2.05, 4.69) is 10.1 Å². The maximum atomic E-state index is 8.92. The average molecular weight is 285 g/mol. The number of hydrogen-bond acceptors (Lipinski definition) is 5. The number of benzene rings is 1. The molecule has 1 unspecified atom stereocenters. The molecule has 0 bridgehead atoms. The number of aromatic nitrogens is 2. The molecule has 1 aromatic heterocycles. The number of nitrogens with zero attached hydrogens (tertiary/aromatic N) is 2. The van der Waals surface area contributed by atoms with E-state index in [1.54, 1.807) is 23.9 Å². The largest absolute Gasteiger partial charge is 0.395 e. The Hall–Kier alpha value is -1.04. The van der Waals surface area contributed by atoms with Crippen molar-refractivity contribution in [3.05, 3.63) is 35.2 Å². The van der Waals surface area contributed by atoms with Crippen molar-refractivity contribution in [1.29, 1.82) is 0 Å². The minimum absolute atomic E-state index is 0.139. The predicted molar refractivity (Wildman–Crippen MR) is 72.6 cm³/mol. The minimum Gasteiger partial charge on any atom is -0.395 e. The highest BCUT2D eigenvalue weighted by Gasteiger charge is 2.10. The first-order valence-electron chi connectivity index (χ1n) is 5.50. The zero-order valence-corrected chi connectivity index (χ0v) is 11.4. The van der Waals surface area contributed by atoms with Crippen LogP contribution < -0.4 is 0 Å². The smallest absolute Gasteiger partial charge is 0.236 e. The summed E-state index contributed by atoms with van der Waals surface area (Å²) >= 11 is 7.47. The van der Waals surface area contributed by atoms with Crippen molar-refractivity contribution >= 4 is 23.4 Å². The standard InChI is InChI=1S/C12H13ClN2O2S/c1-8(6-16)18-7-11-14-12(15-17-11)9-3-2-4-10(13)5-9/h2-5,8,16H,6-7H2,1H3. The third kappa shape index (κ3) is 3.48. The number of halogens is 1. The van der Waals surface area contributed by atoms with E-state index in [1.165, 1.54) is 0 Å².